The number of urea groups is 1. The molecule has 0 bridgehead atoms. The van der Waals surface area contributed by atoms with Gasteiger partial charge in [-0.05, 0) is 18.4 Å². The number of amides is 3. The first-order valence-electron chi connectivity index (χ1n) is 7.75. The lowest BCUT2D eigenvalue weighted by atomic mass is 9.95. The number of nitrogens with zero attached hydrogens (tertiary/aromatic N) is 1. The van der Waals surface area contributed by atoms with Crippen molar-refractivity contribution in [2.24, 2.45) is 5.73 Å². The number of likely N-dealkylation sites (tertiary alicyclic amines) is 1. The summed E-state index contributed by atoms with van der Waals surface area (Å²) in [5.41, 5.74) is 7.40. The molecule has 4 N–H and O–H groups in total. The summed E-state index contributed by atoms with van der Waals surface area (Å²) in [6.07, 6.45) is 2.00. The molecule has 2 aliphatic rings. The van der Waals surface area contributed by atoms with Crippen LogP contribution in [0, 0.1) is 0 Å². The second-order valence-corrected chi connectivity index (χ2v) is 6.17. The van der Waals surface area contributed by atoms with Crippen molar-refractivity contribution < 1.29 is 9.59 Å². The number of nitrogens with two attached hydrogens (primary N) is 1. The Kier molecular flexibility index (Phi) is 5.98. The Labute approximate surface area is 142 Å². The third-order valence-corrected chi connectivity index (χ3v) is 4.20. The maximum absolute atomic E-state index is 11.9. The second-order valence-electron chi connectivity index (χ2n) is 6.17. The van der Waals surface area contributed by atoms with E-state index in [0.29, 0.717) is 6.54 Å². The highest BCUT2D eigenvalue weighted by Crippen LogP contribution is 2.25. The summed E-state index contributed by atoms with van der Waals surface area (Å²) in [4.78, 5) is 25.5. The minimum absolute atomic E-state index is 0. The highest BCUT2D eigenvalue weighted by molar-refractivity contribution is 5.95. The molecule has 6 nitrogen and oxygen atoms in total. The third kappa shape index (κ3) is 4.92. The fraction of sp³-hybridized carbons (Fsp3) is 0.500. The van der Waals surface area contributed by atoms with Gasteiger partial charge in [0.05, 0.1) is 6.54 Å². The SMILES string of the molecule is Cl.N[C@@H]1CN(CC(=O)NC(=O)NC2CC2)C[C@H]1c1ccccc1. The number of rotatable bonds is 4. The Morgan fingerprint density at radius 1 is 1.17 bits per heavy atom. The van der Waals surface area contributed by atoms with Gasteiger partial charge in [0, 0.05) is 31.1 Å². The summed E-state index contributed by atoms with van der Waals surface area (Å²) < 4.78 is 0. The van der Waals surface area contributed by atoms with Crippen molar-refractivity contribution in [2.45, 2.75) is 30.8 Å². The van der Waals surface area contributed by atoms with E-state index in [2.05, 4.69) is 22.8 Å². The van der Waals surface area contributed by atoms with Crippen molar-refractivity contribution in [3.8, 4) is 0 Å². The molecule has 1 saturated carbocycles. The molecule has 0 radical (unpaired) electrons. The van der Waals surface area contributed by atoms with Gasteiger partial charge in [-0.15, -0.1) is 12.4 Å². The van der Waals surface area contributed by atoms with Gasteiger partial charge in [-0.25, -0.2) is 4.79 Å². The van der Waals surface area contributed by atoms with Crippen LogP contribution in [0.15, 0.2) is 30.3 Å². The van der Waals surface area contributed by atoms with Gasteiger partial charge in [0.2, 0.25) is 5.91 Å². The van der Waals surface area contributed by atoms with Gasteiger partial charge in [-0.3, -0.25) is 15.0 Å². The third-order valence-electron chi connectivity index (χ3n) is 4.20. The maximum Gasteiger partial charge on any atom is 0.321 e. The molecule has 126 valence electrons. The van der Waals surface area contributed by atoms with Crippen LogP contribution in [0.5, 0.6) is 0 Å². The average molecular weight is 339 g/mol. The summed E-state index contributed by atoms with van der Waals surface area (Å²) in [7, 11) is 0. The Bertz CT molecular complexity index is 550. The van der Waals surface area contributed by atoms with Crippen LogP contribution in [0.1, 0.15) is 24.3 Å². The van der Waals surface area contributed by atoms with Crippen LogP contribution in [0.2, 0.25) is 0 Å². The second kappa shape index (κ2) is 7.77. The zero-order chi connectivity index (χ0) is 15.5. The molecule has 1 aliphatic carbocycles. The highest BCUT2D eigenvalue weighted by Gasteiger charge is 2.32. The van der Waals surface area contributed by atoms with Crippen molar-refractivity contribution >= 4 is 24.3 Å². The molecule has 3 amide bonds. The van der Waals surface area contributed by atoms with E-state index in [-0.39, 0.29) is 42.9 Å². The van der Waals surface area contributed by atoms with Crippen LogP contribution >= 0.6 is 12.4 Å². The van der Waals surface area contributed by atoms with E-state index < -0.39 is 6.03 Å². The molecule has 0 aromatic heterocycles. The van der Waals surface area contributed by atoms with E-state index in [9.17, 15) is 9.59 Å². The topological polar surface area (TPSA) is 87.5 Å². The molecule has 2 fully saturated rings. The number of carbonyl (C=O) groups excluding carboxylic acids is 2. The monoisotopic (exact) mass is 338 g/mol. The number of hydrogen-bond donors (Lipinski definition) is 3. The van der Waals surface area contributed by atoms with Crippen LogP contribution in [-0.4, -0.2) is 48.6 Å². The van der Waals surface area contributed by atoms with Gasteiger partial charge in [0.1, 0.15) is 0 Å². The summed E-state index contributed by atoms with van der Waals surface area (Å²) in [6, 6.07) is 9.97. The van der Waals surface area contributed by atoms with Gasteiger partial charge in [-0.2, -0.15) is 0 Å². The molecule has 1 aromatic carbocycles. The lowest BCUT2D eigenvalue weighted by Crippen LogP contribution is -2.45. The predicted octanol–water partition coefficient (Wildman–Crippen LogP) is 0.823. The van der Waals surface area contributed by atoms with Gasteiger partial charge in [0.15, 0.2) is 0 Å². The maximum atomic E-state index is 11.9. The lowest BCUT2D eigenvalue weighted by molar-refractivity contribution is -0.120. The summed E-state index contributed by atoms with van der Waals surface area (Å²) in [5.74, 6) is -0.0478. The molecular weight excluding hydrogens is 316 g/mol. The molecule has 7 heteroatoms. The normalized spacial score (nSPS) is 23.9. The van der Waals surface area contributed by atoms with E-state index in [4.69, 9.17) is 5.73 Å². The Balaban J connectivity index is 0.00000192. The van der Waals surface area contributed by atoms with E-state index in [1.807, 2.05) is 23.1 Å². The van der Waals surface area contributed by atoms with Crippen molar-refractivity contribution in [1.29, 1.82) is 0 Å². The van der Waals surface area contributed by atoms with Crippen molar-refractivity contribution in [2.75, 3.05) is 19.6 Å². The van der Waals surface area contributed by atoms with Crippen LogP contribution in [0.4, 0.5) is 4.79 Å². The van der Waals surface area contributed by atoms with Gasteiger partial charge < -0.3 is 11.1 Å². The number of benzene rings is 1. The lowest BCUT2D eigenvalue weighted by Gasteiger charge is -2.15. The smallest absolute Gasteiger partial charge is 0.321 e. The highest BCUT2D eigenvalue weighted by atomic mass is 35.5. The number of imide groups is 1. The van der Waals surface area contributed by atoms with Crippen molar-refractivity contribution in [3.05, 3.63) is 35.9 Å². The van der Waals surface area contributed by atoms with Crippen LogP contribution in [-0.2, 0) is 4.79 Å². The number of hydrogen-bond acceptors (Lipinski definition) is 4. The first-order valence-corrected chi connectivity index (χ1v) is 7.75. The quantitative estimate of drug-likeness (QED) is 0.758. The Morgan fingerprint density at radius 3 is 2.52 bits per heavy atom. The van der Waals surface area contributed by atoms with E-state index in [1.165, 1.54) is 5.56 Å². The molecule has 1 aliphatic heterocycles. The van der Waals surface area contributed by atoms with E-state index in [0.717, 1.165) is 19.4 Å². The summed E-state index contributed by atoms with van der Waals surface area (Å²) in [6.45, 7) is 1.61. The minimum atomic E-state index is -0.393. The number of carbonyl (C=O) groups is 2. The fourth-order valence-corrected chi connectivity index (χ4v) is 2.91. The number of halogens is 1. The molecule has 2 atom stereocenters. The Morgan fingerprint density at radius 2 is 1.87 bits per heavy atom. The largest absolute Gasteiger partial charge is 0.335 e. The van der Waals surface area contributed by atoms with Crippen LogP contribution < -0.4 is 16.4 Å². The Hall–Kier alpha value is -1.63. The van der Waals surface area contributed by atoms with Crippen LogP contribution in [0.3, 0.4) is 0 Å². The predicted molar refractivity (Wildman–Crippen MR) is 90.5 cm³/mol. The molecule has 1 aromatic rings. The van der Waals surface area contributed by atoms with Crippen LogP contribution in [0.25, 0.3) is 0 Å². The standard InChI is InChI=1S/C16H22N4O2.ClH/c17-14-9-20(8-13(14)11-4-2-1-3-5-11)10-15(21)19-16(22)18-12-6-7-12;/h1-5,12-14H,6-10,17H2,(H2,18,19,21,22);1H/t13-,14+;/m0./s1. The molecule has 0 unspecified atom stereocenters. The van der Waals surface area contributed by atoms with E-state index >= 15 is 0 Å². The first kappa shape index (κ1) is 17.7. The molecular formula is C16H23ClN4O2. The molecule has 0 spiro atoms. The molecule has 3 rings (SSSR count). The molecule has 23 heavy (non-hydrogen) atoms. The summed E-state index contributed by atoms with van der Waals surface area (Å²) in [5, 5.41) is 5.12. The van der Waals surface area contributed by atoms with Gasteiger partial charge in [-0.1, -0.05) is 30.3 Å². The van der Waals surface area contributed by atoms with Crippen molar-refractivity contribution in [1.82, 2.24) is 15.5 Å². The average Bonchev–Trinajstić information content (AvgIpc) is 3.21. The zero-order valence-electron chi connectivity index (χ0n) is 12.9. The van der Waals surface area contributed by atoms with Gasteiger partial charge in [0.25, 0.3) is 0 Å². The van der Waals surface area contributed by atoms with Crippen molar-refractivity contribution in [3.63, 3.8) is 0 Å². The minimum Gasteiger partial charge on any atom is -0.335 e. The first-order chi connectivity index (χ1) is 10.6. The van der Waals surface area contributed by atoms with Gasteiger partial charge >= 0.3 is 6.03 Å². The zero-order valence-corrected chi connectivity index (χ0v) is 13.7. The fourth-order valence-electron chi connectivity index (χ4n) is 2.91. The van der Waals surface area contributed by atoms with E-state index in [1.54, 1.807) is 0 Å². The summed E-state index contributed by atoms with van der Waals surface area (Å²) >= 11 is 0. The number of nitrogens with one attached hydrogen (secondary N) is 2. The molecule has 1 saturated heterocycles. The molecule has 1 heterocycles.